The zero-order valence-corrected chi connectivity index (χ0v) is 11.9. The SMILES string of the molecule is Cc1ccc(NC(=O)C2CCCN(CCC#N)C2)cc1. The molecule has 1 N–H and O–H groups in total. The molecule has 1 unspecified atom stereocenters. The van der Waals surface area contributed by atoms with Gasteiger partial charge in [-0.2, -0.15) is 5.26 Å². The summed E-state index contributed by atoms with van der Waals surface area (Å²) in [5, 5.41) is 11.6. The Morgan fingerprint density at radius 1 is 1.45 bits per heavy atom. The number of likely N-dealkylation sites (tertiary alicyclic amines) is 1. The fourth-order valence-corrected chi connectivity index (χ4v) is 2.56. The molecule has 106 valence electrons. The van der Waals surface area contributed by atoms with Gasteiger partial charge in [0.25, 0.3) is 0 Å². The molecule has 0 radical (unpaired) electrons. The lowest BCUT2D eigenvalue weighted by molar-refractivity contribution is -0.121. The van der Waals surface area contributed by atoms with E-state index in [1.807, 2.05) is 31.2 Å². The van der Waals surface area contributed by atoms with Crippen LogP contribution in [-0.2, 0) is 4.79 Å². The summed E-state index contributed by atoms with van der Waals surface area (Å²) in [6.45, 7) is 4.56. The highest BCUT2D eigenvalue weighted by atomic mass is 16.1. The first-order valence-corrected chi connectivity index (χ1v) is 7.16. The maximum atomic E-state index is 12.3. The lowest BCUT2D eigenvalue weighted by Gasteiger charge is -2.31. The Labute approximate surface area is 120 Å². The van der Waals surface area contributed by atoms with Crippen molar-refractivity contribution >= 4 is 11.6 Å². The van der Waals surface area contributed by atoms with E-state index in [9.17, 15) is 4.79 Å². The number of nitrogens with zero attached hydrogens (tertiary/aromatic N) is 2. The predicted octanol–water partition coefficient (Wildman–Crippen LogP) is 2.56. The molecule has 2 rings (SSSR count). The van der Waals surface area contributed by atoms with E-state index in [-0.39, 0.29) is 11.8 Å². The number of amides is 1. The van der Waals surface area contributed by atoms with Crippen LogP contribution in [0.25, 0.3) is 0 Å². The number of nitriles is 1. The monoisotopic (exact) mass is 271 g/mol. The Balaban J connectivity index is 1.88. The van der Waals surface area contributed by atoms with Crippen molar-refractivity contribution in [2.75, 3.05) is 25.0 Å². The van der Waals surface area contributed by atoms with E-state index in [1.165, 1.54) is 5.56 Å². The van der Waals surface area contributed by atoms with Gasteiger partial charge in [-0.15, -0.1) is 0 Å². The van der Waals surface area contributed by atoms with Crippen molar-refractivity contribution in [3.8, 4) is 6.07 Å². The molecule has 0 aliphatic carbocycles. The van der Waals surface area contributed by atoms with Crippen molar-refractivity contribution in [2.24, 2.45) is 5.92 Å². The lowest BCUT2D eigenvalue weighted by atomic mass is 9.97. The first-order valence-electron chi connectivity index (χ1n) is 7.16. The number of nitrogens with one attached hydrogen (secondary N) is 1. The summed E-state index contributed by atoms with van der Waals surface area (Å²) in [5.41, 5.74) is 2.04. The molecule has 0 bridgehead atoms. The minimum absolute atomic E-state index is 0.0312. The van der Waals surface area contributed by atoms with Gasteiger partial charge < -0.3 is 10.2 Å². The third kappa shape index (κ3) is 4.07. The number of piperidine rings is 1. The van der Waals surface area contributed by atoms with Crippen LogP contribution in [-0.4, -0.2) is 30.4 Å². The molecule has 4 nitrogen and oxygen atoms in total. The van der Waals surface area contributed by atoms with Gasteiger partial charge in [0, 0.05) is 25.2 Å². The van der Waals surface area contributed by atoms with Gasteiger partial charge in [-0.05, 0) is 38.4 Å². The maximum absolute atomic E-state index is 12.3. The van der Waals surface area contributed by atoms with Gasteiger partial charge in [-0.25, -0.2) is 0 Å². The summed E-state index contributed by atoms with van der Waals surface area (Å²) in [4.78, 5) is 14.5. The molecular formula is C16H21N3O. The molecule has 0 aromatic heterocycles. The molecule has 4 heteroatoms. The summed E-state index contributed by atoms with van der Waals surface area (Å²) in [5.74, 6) is 0.124. The largest absolute Gasteiger partial charge is 0.326 e. The number of carbonyl (C=O) groups is 1. The zero-order chi connectivity index (χ0) is 14.4. The van der Waals surface area contributed by atoms with Gasteiger partial charge in [0.1, 0.15) is 0 Å². The molecule has 1 atom stereocenters. The highest BCUT2D eigenvalue weighted by Gasteiger charge is 2.25. The van der Waals surface area contributed by atoms with Crippen molar-refractivity contribution < 1.29 is 4.79 Å². The van der Waals surface area contributed by atoms with Crippen molar-refractivity contribution in [1.29, 1.82) is 5.26 Å². The van der Waals surface area contributed by atoms with E-state index in [0.717, 1.165) is 38.2 Å². The van der Waals surface area contributed by atoms with E-state index < -0.39 is 0 Å². The van der Waals surface area contributed by atoms with Crippen LogP contribution in [0.2, 0.25) is 0 Å². The van der Waals surface area contributed by atoms with Crippen LogP contribution >= 0.6 is 0 Å². The summed E-state index contributed by atoms with van der Waals surface area (Å²) in [7, 11) is 0. The van der Waals surface area contributed by atoms with E-state index >= 15 is 0 Å². The van der Waals surface area contributed by atoms with E-state index in [0.29, 0.717) is 6.42 Å². The molecule has 1 aliphatic heterocycles. The third-order valence-corrected chi connectivity index (χ3v) is 3.74. The number of carbonyl (C=O) groups excluding carboxylic acids is 1. The minimum atomic E-state index is 0.0312. The fourth-order valence-electron chi connectivity index (χ4n) is 2.56. The maximum Gasteiger partial charge on any atom is 0.228 e. The molecular weight excluding hydrogens is 250 g/mol. The molecule has 1 amide bonds. The van der Waals surface area contributed by atoms with Gasteiger partial charge in [-0.3, -0.25) is 4.79 Å². The van der Waals surface area contributed by atoms with Gasteiger partial charge >= 0.3 is 0 Å². The number of hydrogen-bond donors (Lipinski definition) is 1. The normalized spacial score (nSPS) is 19.3. The Hall–Kier alpha value is -1.86. The molecule has 1 heterocycles. The Morgan fingerprint density at radius 3 is 2.90 bits per heavy atom. The van der Waals surface area contributed by atoms with E-state index in [2.05, 4.69) is 16.3 Å². The van der Waals surface area contributed by atoms with Crippen LogP contribution in [0.5, 0.6) is 0 Å². The van der Waals surface area contributed by atoms with Gasteiger partial charge in [0.05, 0.1) is 12.0 Å². The van der Waals surface area contributed by atoms with Crippen molar-refractivity contribution in [3.63, 3.8) is 0 Å². The summed E-state index contributed by atoms with van der Waals surface area (Å²) >= 11 is 0. The van der Waals surface area contributed by atoms with Crippen LogP contribution in [0.3, 0.4) is 0 Å². The average Bonchev–Trinajstić information content (AvgIpc) is 2.48. The van der Waals surface area contributed by atoms with Crippen molar-refractivity contribution in [3.05, 3.63) is 29.8 Å². The number of anilines is 1. The highest BCUT2D eigenvalue weighted by molar-refractivity contribution is 5.92. The van der Waals surface area contributed by atoms with Crippen LogP contribution in [0.15, 0.2) is 24.3 Å². The molecule has 1 saturated heterocycles. The lowest BCUT2D eigenvalue weighted by Crippen LogP contribution is -2.41. The van der Waals surface area contributed by atoms with Crippen LogP contribution in [0.1, 0.15) is 24.8 Å². The quantitative estimate of drug-likeness (QED) is 0.915. The summed E-state index contributed by atoms with van der Waals surface area (Å²) in [6.07, 6.45) is 2.49. The number of rotatable bonds is 4. The van der Waals surface area contributed by atoms with Gasteiger partial charge in [0.15, 0.2) is 0 Å². The Morgan fingerprint density at radius 2 is 2.20 bits per heavy atom. The number of aryl methyl sites for hydroxylation is 1. The predicted molar refractivity (Wildman–Crippen MR) is 79.2 cm³/mol. The molecule has 1 aromatic rings. The number of benzene rings is 1. The average molecular weight is 271 g/mol. The molecule has 1 aliphatic rings. The molecule has 1 fully saturated rings. The first kappa shape index (κ1) is 14.5. The van der Waals surface area contributed by atoms with E-state index in [1.54, 1.807) is 0 Å². The molecule has 20 heavy (non-hydrogen) atoms. The second-order valence-corrected chi connectivity index (χ2v) is 5.40. The molecule has 0 spiro atoms. The topological polar surface area (TPSA) is 56.1 Å². The van der Waals surface area contributed by atoms with Crippen LogP contribution < -0.4 is 5.32 Å². The van der Waals surface area contributed by atoms with Gasteiger partial charge in [0.2, 0.25) is 5.91 Å². The van der Waals surface area contributed by atoms with Crippen molar-refractivity contribution in [2.45, 2.75) is 26.2 Å². The van der Waals surface area contributed by atoms with Crippen molar-refractivity contribution in [1.82, 2.24) is 4.90 Å². The third-order valence-electron chi connectivity index (χ3n) is 3.74. The summed E-state index contributed by atoms with van der Waals surface area (Å²) < 4.78 is 0. The first-order chi connectivity index (χ1) is 9.69. The second-order valence-electron chi connectivity index (χ2n) is 5.40. The smallest absolute Gasteiger partial charge is 0.228 e. The van der Waals surface area contributed by atoms with E-state index in [4.69, 9.17) is 5.26 Å². The standard InChI is InChI=1S/C16H21N3O/c1-13-5-7-15(8-6-13)18-16(20)14-4-2-10-19(12-14)11-3-9-17/h5-8,14H,2-4,10-12H2,1H3,(H,18,20). The second kappa shape index (κ2) is 7.06. The molecule has 1 aromatic carbocycles. The zero-order valence-electron chi connectivity index (χ0n) is 11.9. The number of hydrogen-bond acceptors (Lipinski definition) is 3. The molecule has 0 saturated carbocycles. The van der Waals surface area contributed by atoms with Crippen LogP contribution in [0, 0.1) is 24.2 Å². The minimum Gasteiger partial charge on any atom is -0.326 e. The fraction of sp³-hybridized carbons (Fsp3) is 0.500. The van der Waals surface area contributed by atoms with Gasteiger partial charge in [-0.1, -0.05) is 17.7 Å². The Bertz CT molecular complexity index is 489. The highest BCUT2D eigenvalue weighted by Crippen LogP contribution is 2.19. The summed E-state index contributed by atoms with van der Waals surface area (Å²) in [6, 6.07) is 10.0. The van der Waals surface area contributed by atoms with Crippen LogP contribution in [0.4, 0.5) is 5.69 Å². The Kier molecular flexibility index (Phi) is 5.14.